The number of hydrogen-bond acceptors (Lipinski definition) is 4. The van der Waals surface area contributed by atoms with Crippen LogP contribution < -0.4 is 4.90 Å². The lowest BCUT2D eigenvalue weighted by Crippen LogP contribution is -2.46. The zero-order valence-electron chi connectivity index (χ0n) is 17.2. The van der Waals surface area contributed by atoms with Crippen molar-refractivity contribution in [3.05, 3.63) is 47.9 Å². The van der Waals surface area contributed by atoms with E-state index in [1.54, 1.807) is 0 Å². The van der Waals surface area contributed by atoms with Crippen molar-refractivity contribution in [1.82, 2.24) is 10.1 Å². The molecule has 1 aliphatic heterocycles. The fraction of sp³-hybridized carbons (Fsp3) is 0.571. The predicted octanol–water partition coefficient (Wildman–Crippen LogP) is 5.38. The lowest BCUT2D eigenvalue weighted by Gasteiger charge is -2.35. The molecule has 25 heavy (non-hydrogen) atoms. The number of aryl methyl sites for hydroxylation is 1. The van der Waals surface area contributed by atoms with Crippen molar-refractivity contribution in [3.8, 4) is 0 Å². The first-order valence-electron chi connectivity index (χ1n) is 9.76. The summed E-state index contributed by atoms with van der Waals surface area (Å²) in [5.41, 5.74) is 2.35. The Labute approximate surface area is 154 Å². The Morgan fingerprint density at radius 3 is 1.92 bits per heavy atom. The summed E-state index contributed by atoms with van der Waals surface area (Å²) in [6, 6.07) is 12.6. The number of anilines is 1. The summed E-state index contributed by atoms with van der Waals surface area (Å²) in [7, 11) is 0. The van der Waals surface area contributed by atoms with Crippen molar-refractivity contribution in [2.45, 2.75) is 55.0 Å². The zero-order chi connectivity index (χ0) is 19.1. The SMILES string of the molecule is CC.CC.CC.Cc1cc(CN2CCN(c3ccccc3)CC2)no1. The van der Waals surface area contributed by atoms with Gasteiger partial charge >= 0.3 is 0 Å². The number of aromatic nitrogens is 1. The van der Waals surface area contributed by atoms with Crippen molar-refractivity contribution in [1.29, 1.82) is 0 Å². The summed E-state index contributed by atoms with van der Waals surface area (Å²) in [6.45, 7) is 19.1. The molecular formula is C21H37N3O. The van der Waals surface area contributed by atoms with Crippen LogP contribution in [0.2, 0.25) is 0 Å². The Morgan fingerprint density at radius 1 is 0.880 bits per heavy atom. The molecule has 0 atom stereocenters. The minimum atomic E-state index is 0.887. The molecule has 1 fully saturated rings. The highest BCUT2D eigenvalue weighted by molar-refractivity contribution is 5.46. The molecule has 142 valence electrons. The van der Waals surface area contributed by atoms with Gasteiger partial charge in [-0.3, -0.25) is 4.90 Å². The highest BCUT2D eigenvalue weighted by Crippen LogP contribution is 2.16. The molecule has 1 saturated heterocycles. The molecule has 0 unspecified atom stereocenters. The summed E-state index contributed by atoms with van der Waals surface area (Å²) < 4.78 is 5.11. The molecule has 0 bridgehead atoms. The second-order valence-electron chi connectivity index (χ2n) is 5.03. The molecule has 0 saturated carbocycles. The average Bonchev–Trinajstić information content (AvgIpc) is 3.12. The summed E-state index contributed by atoms with van der Waals surface area (Å²) >= 11 is 0. The van der Waals surface area contributed by atoms with Crippen molar-refractivity contribution in [3.63, 3.8) is 0 Å². The van der Waals surface area contributed by atoms with Crippen LogP contribution in [0.1, 0.15) is 53.0 Å². The maximum absolute atomic E-state index is 5.11. The van der Waals surface area contributed by atoms with Gasteiger partial charge < -0.3 is 9.42 Å². The summed E-state index contributed by atoms with van der Waals surface area (Å²) in [5, 5.41) is 4.06. The van der Waals surface area contributed by atoms with Crippen LogP contribution in [-0.4, -0.2) is 36.2 Å². The highest BCUT2D eigenvalue weighted by atomic mass is 16.5. The van der Waals surface area contributed by atoms with E-state index >= 15 is 0 Å². The van der Waals surface area contributed by atoms with Crippen LogP contribution in [0, 0.1) is 6.92 Å². The first-order chi connectivity index (χ1) is 12.3. The smallest absolute Gasteiger partial charge is 0.133 e. The van der Waals surface area contributed by atoms with Crippen LogP contribution in [0.25, 0.3) is 0 Å². The largest absolute Gasteiger partial charge is 0.369 e. The Hall–Kier alpha value is -1.81. The van der Waals surface area contributed by atoms with Gasteiger partial charge in [-0.1, -0.05) is 64.9 Å². The van der Waals surface area contributed by atoms with Gasteiger partial charge in [0.15, 0.2) is 0 Å². The van der Waals surface area contributed by atoms with Gasteiger partial charge in [-0.2, -0.15) is 0 Å². The van der Waals surface area contributed by atoms with Crippen LogP contribution in [0.15, 0.2) is 40.9 Å². The van der Waals surface area contributed by atoms with E-state index in [1.165, 1.54) is 5.69 Å². The molecule has 2 heterocycles. The van der Waals surface area contributed by atoms with Gasteiger partial charge in [-0.25, -0.2) is 0 Å². The van der Waals surface area contributed by atoms with Gasteiger partial charge in [-0.05, 0) is 19.1 Å². The van der Waals surface area contributed by atoms with Crippen molar-refractivity contribution >= 4 is 5.69 Å². The van der Waals surface area contributed by atoms with E-state index in [4.69, 9.17) is 4.52 Å². The minimum Gasteiger partial charge on any atom is -0.369 e. The number of rotatable bonds is 3. The average molecular weight is 348 g/mol. The van der Waals surface area contributed by atoms with E-state index in [2.05, 4.69) is 45.3 Å². The number of piperazine rings is 1. The Bertz CT molecular complexity index is 517. The third-order valence-corrected chi connectivity index (χ3v) is 3.56. The minimum absolute atomic E-state index is 0.887. The van der Waals surface area contributed by atoms with E-state index in [0.29, 0.717) is 0 Å². The highest BCUT2D eigenvalue weighted by Gasteiger charge is 2.18. The van der Waals surface area contributed by atoms with E-state index in [9.17, 15) is 0 Å². The maximum Gasteiger partial charge on any atom is 0.133 e. The molecule has 2 aromatic rings. The number of para-hydroxylation sites is 1. The lowest BCUT2D eigenvalue weighted by atomic mass is 10.2. The molecular weight excluding hydrogens is 310 g/mol. The third kappa shape index (κ3) is 8.21. The second-order valence-corrected chi connectivity index (χ2v) is 5.03. The number of benzene rings is 1. The Kier molecular flexibility index (Phi) is 13.5. The Balaban J connectivity index is 0.000000871. The van der Waals surface area contributed by atoms with Crippen LogP contribution in [-0.2, 0) is 6.54 Å². The van der Waals surface area contributed by atoms with Crippen molar-refractivity contribution in [2.24, 2.45) is 0 Å². The van der Waals surface area contributed by atoms with E-state index in [1.807, 2.05) is 54.5 Å². The monoisotopic (exact) mass is 347 g/mol. The molecule has 0 amide bonds. The maximum atomic E-state index is 5.11. The molecule has 1 aromatic carbocycles. The van der Waals surface area contributed by atoms with Crippen LogP contribution in [0.3, 0.4) is 0 Å². The first kappa shape index (κ1) is 23.2. The molecule has 1 aliphatic rings. The zero-order valence-corrected chi connectivity index (χ0v) is 17.2. The van der Waals surface area contributed by atoms with Crippen LogP contribution >= 0.6 is 0 Å². The molecule has 0 radical (unpaired) electrons. The van der Waals surface area contributed by atoms with Gasteiger partial charge in [0.2, 0.25) is 0 Å². The Morgan fingerprint density at radius 2 is 1.44 bits per heavy atom. The van der Waals surface area contributed by atoms with E-state index in [0.717, 1.165) is 44.2 Å². The molecule has 4 heteroatoms. The van der Waals surface area contributed by atoms with Crippen molar-refractivity contribution in [2.75, 3.05) is 31.1 Å². The fourth-order valence-corrected chi connectivity index (χ4v) is 2.52. The third-order valence-electron chi connectivity index (χ3n) is 3.56. The van der Waals surface area contributed by atoms with Gasteiger partial charge in [-0.15, -0.1) is 0 Å². The van der Waals surface area contributed by atoms with E-state index < -0.39 is 0 Å². The second kappa shape index (κ2) is 14.5. The molecule has 0 aliphatic carbocycles. The molecule has 0 N–H and O–H groups in total. The molecule has 0 spiro atoms. The standard InChI is InChI=1S/C15H19N3O.3C2H6/c1-13-11-14(16-19-13)12-17-7-9-18(10-8-17)15-5-3-2-4-6-15;3*1-2/h2-6,11H,7-10,12H2,1H3;3*1-2H3. The van der Waals surface area contributed by atoms with Crippen LogP contribution in [0.5, 0.6) is 0 Å². The van der Waals surface area contributed by atoms with Crippen molar-refractivity contribution < 1.29 is 4.52 Å². The molecule has 3 rings (SSSR count). The summed E-state index contributed by atoms with van der Waals surface area (Å²) in [6.07, 6.45) is 0. The van der Waals surface area contributed by atoms with Gasteiger partial charge in [0.25, 0.3) is 0 Å². The topological polar surface area (TPSA) is 32.5 Å². The quantitative estimate of drug-likeness (QED) is 0.746. The van der Waals surface area contributed by atoms with Gasteiger partial charge in [0, 0.05) is 44.5 Å². The van der Waals surface area contributed by atoms with Gasteiger partial charge in [0.05, 0.1) is 5.69 Å². The first-order valence-corrected chi connectivity index (χ1v) is 9.76. The normalized spacial score (nSPS) is 13.5. The molecule has 4 nitrogen and oxygen atoms in total. The lowest BCUT2D eigenvalue weighted by molar-refractivity contribution is 0.242. The summed E-state index contributed by atoms with van der Waals surface area (Å²) in [5.74, 6) is 0.887. The predicted molar refractivity (Wildman–Crippen MR) is 109 cm³/mol. The van der Waals surface area contributed by atoms with Crippen LogP contribution in [0.4, 0.5) is 5.69 Å². The molecule has 1 aromatic heterocycles. The number of nitrogens with zero attached hydrogens (tertiary/aromatic N) is 3. The van der Waals surface area contributed by atoms with E-state index in [-0.39, 0.29) is 0 Å². The number of hydrogen-bond donors (Lipinski definition) is 0. The van der Waals surface area contributed by atoms with Gasteiger partial charge in [0.1, 0.15) is 5.76 Å². The summed E-state index contributed by atoms with van der Waals surface area (Å²) in [4.78, 5) is 4.86. The fourth-order valence-electron chi connectivity index (χ4n) is 2.52.